The van der Waals surface area contributed by atoms with Crippen molar-refractivity contribution >= 4 is 24.4 Å². The van der Waals surface area contributed by atoms with E-state index >= 15 is 0 Å². The van der Waals surface area contributed by atoms with Crippen LogP contribution >= 0.6 is 0 Å². The Kier molecular flexibility index (Phi) is 11.0. The Hall–Kier alpha value is -2.16. The van der Waals surface area contributed by atoms with Crippen LogP contribution in [0, 0.1) is 0 Å². The van der Waals surface area contributed by atoms with E-state index in [1.54, 1.807) is 0 Å². The van der Waals surface area contributed by atoms with E-state index in [0.717, 1.165) is 0 Å². The molecule has 3 aromatic rings. The summed E-state index contributed by atoms with van der Waals surface area (Å²) < 4.78 is 0. The molecule has 1 nitrogen and oxygen atoms in total. The number of nitrogens with one attached hydrogen (secondary N) is 1. The fourth-order valence-corrected chi connectivity index (χ4v) is 6.22. The van der Waals surface area contributed by atoms with Gasteiger partial charge in [0, 0.05) is 0 Å². The molecular weight excluding hydrogens is 354 g/mol. The molecule has 0 saturated heterocycles. The highest BCUT2D eigenvalue weighted by atomic mass is 28.3. The molecule has 0 aliphatic carbocycles. The van der Waals surface area contributed by atoms with Crippen molar-refractivity contribution < 1.29 is 0 Å². The maximum absolute atomic E-state index is 3.39. The Morgan fingerprint density at radius 1 is 0.536 bits per heavy atom. The van der Waals surface area contributed by atoms with Gasteiger partial charge < -0.3 is 5.32 Å². The van der Waals surface area contributed by atoms with Gasteiger partial charge >= 0.3 is 0 Å². The first-order valence-electron chi connectivity index (χ1n) is 10.7. The summed E-state index contributed by atoms with van der Waals surface area (Å²) in [7, 11) is -1.31. The van der Waals surface area contributed by atoms with Crippen molar-refractivity contribution in [2.75, 3.05) is 13.1 Å². The third-order valence-corrected chi connectivity index (χ3v) is 7.97. The molecule has 0 aliphatic heterocycles. The summed E-state index contributed by atoms with van der Waals surface area (Å²) in [6.07, 6.45) is 5.26. The predicted molar refractivity (Wildman–Crippen MR) is 128 cm³/mol. The lowest BCUT2D eigenvalue weighted by molar-refractivity contribution is 0.611. The largest absolute Gasteiger partial charge is 0.317 e. The molecule has 0 unspecified atom stereocenters. The van der Waals surface area contributed by atoms with E-state index in [4.69, 9.17) is 0 Å². The highest BCUT2D eigenvalue weighted by molar-refractivity contribution is 6.95. The molecular formula is C26H35NSi. The zero-order valence-electron chi connectivity index (χ0n) is 17.5. The van der Waals surface area contributed by atoms with E-state index in [1.165, 1.54) is 54.3 Å². The highest BCUT2D eigenvalue weighted by Crippen LogP contribution is 1.95. The normalized spacial score (nSPS) is 10.4. The first-order chi connectivity index (χ1) is 13.9. The van der Waals surface area contributed by atoms with Crippen LogP contribution in [0.4, 0.5) is 0 Å². The molecule has 0 radical (unpaired) electrons. The molecule has 0 aromatic heterocycles. The van der Waals surface area contributed by atoms with Crippen LogP contribution in [0.3, 0.4) is 0 Å². The number of hydrogen-bond acceptors (Lipinski definition) is 1. The van der Waals surface area contributed by atoms with Crippen LogP contribution in [0.15, 0.2) is 91.0 Å². The molecule has 2 heteroatoms. The molecule has 1 N–H and O–H groups in total. The van der Waals surface area contributed by atoms with Crippen LogP contribution in [-0.4, -0.2) is 21.9 Å². The third kappa shape index (κ3) is 7.83. The Morgan fingerprint density at radius 3 is 1.14 bits per heavy atom. The van der Waals surface area contributed by atoms with Crippen LogP contribution in [-0.2, 0) is 0 Å². The number of rotatable bonds is 9. The second-order valence-corrected chi connectivity index (χ2v) is 9.99. The van der Waals surface area contributed by atoms with Gasteiger partial charge in [-0.25, -0.2) is 0 Å². The Bertz CT molecular complexity index is 628. The summed E-state index contributed by atoms with van der Waals surface area (Å²) in [5, 5.41) is 7.80. The lowest BCUT2D eigenvalue weighted by Gasteiger charge is -2.16. The van der Waals surface area contributed by atoms with E-state index in [2.05, 4.69) is 110 Å². The molecule has 0 aliphatic rings. The average molecular weight is 390 g/mol. The first-order valence-corrected chi connectivity index (χ1v) is 12.5. The summed E-state index contributed by atoms with van der Waals surface area (Å²) in [5.41, 5.74) is 0. The van der Waals surface area contributed by atoms with E-state index in [0.29, 0.717) is 0 Å². The maximum atomic E-state index is 3.39. The van der Waals surface area contributed by atoms with Gasteiger partial charge in [-0.05, 0) is 25.9 Å². The Balaban J connectivity index is 0.000000266. The van der Waals surface area contributed by atoms with Crippen LogP contribution in [0.5, 0.6) is 0 Å². The second kappa shape index (κ2) is 13.9. The van der Waals surface area contributed by atoms with Gasteiger partial charge in [-0.1, -0.05) is 133 Å². The van der Waals surface area contributed by atoms with Crippen LogP contribution in [0.25, 0.3) is 0 Å². The van der Waals surface area contributed by atoms with Crippen molar-refractivity contribution in [3.05, 3.63) is 91.0 Å². The van der Waals surface area contributed by atoms with Crippen molar-refractivity contribution in [1.82, 2.24) is 5.32 Å². The van der Waals surface area contributed by atoms with Crippen molar-refractivity contribution in [3.63, 3.8) is 0 Å². The molecule has 0 heterocycles. The Morgan fingerprint density at radius 2 is 0.857 bits per heavy atom. The number of unbranched alkanes of at least 4 members (excludes halogenated alkanes) is 2. The van der Waals surface area contributed by atoms with Crippen LogP contribution < -0.4 is 20.9 Å². The van der Waals surface area contributed by atoms with Crippen LogP contribution in [0.2, 0.25) is 0 Å². The van der Waals surface area contributed by atoms with E-state index in [9.17, 15) is 0 Å². The topological polar surface area (TPSA) is 12.0 Å². The molecule has 3 rings (SSSR count). The lowest BCUT2D eigenvalue weighted by atomic mass is 10.3. The molecule has 3 aromatic carbocycles. The first kappa shape index (κ1) is 22.1. The van der Waals surface area contributed by atoms with Crippen molar-refractivity contribution in [2.45, 2.75) is 39.5 Å². The maximum Gasteiger partial charge on any atom is 0.132 e. The minimum absolute atomic E-state index is 1.20. The molecule has 0 fully saturated rings. The smallest absolute Gasteiger partial charge is 0.132 e. The van der Waals surface area contributed by atoms with Gasteiger partial charge in [0.2, 0.25) is 0 Å². The van der Waals surface area contributed by atoms with Crippen molar-refractivity contribution in [1.29, 1.82) is 0 Å². The fraction of sp³-hybridized carbons (Fsp3) is 0.308. The van der Waals surface area contributed by atoms with E-state index in [1.807, 2.05) is 0 Å². The van der Waals surface area contributed by atoms with Gasteiger partial charge in [-0.2, -0.15) is 0 Å². The summed E-state index contributed by atoms with van der Waals surface area (Å²) in [6, 6.07) is 32.7. The molecule has 148 valence electrons. The number of hydrogen-bond donors (Lipinski definition) is 1. The minimum atomic E-state index is -1.31. The minimum Gasteiger partial charge on any atom is -0.317 e. The predicted octanol–water partition coefficient (Wildman–Crippen LogP) is 4.11. The van der Waals surface area contributed by atoms with Gasteiger partial charge in [0.05, 0.1) is 0 Å². The fourth-order valence-electron chi connectivity index (χ4n) is 3.24. The van der Waals surface area contributed by atoms with E-state index in [-0.39, 0.29) is 0 Å². The quantitative estimate of drug-likeness (QED) is 0.330. The molecule has 0 amide bonds. The average Bonchev–Trinajstić information content (AvgIpc) is 2.77. The van der Waals surface area contributed by atoms with Gasteiger partial charge in [0.15, 0.2) is 0 Å². The second-order valence-electron chi connectivity index (χ2n) is 7.12. The highest BCUT2D eigenvalue weighted by Gasteiger charge is 2.17. The monoisotopic (exact) mass is 389 g/mol. The summed E-state index contributed by atoms with van der Waals surface area (Å²) >= 11 is 0. The SMILES string of the molecule is CCCCNCCCC.c1ccc([SiH](c2ccccc2)c2ccccc2)cc1. The van der Waals surface area contributed by atoms with Crippen LogP contribution in [0.1, 0.15) is 39.5 Å². The molecule has 0 saturated carbocycles. The summed E-state index contributed by atoms with van der Waals surface area (Å²) in [5.74, 6) is 0. The zero-order valence-corrected chi connectivity index (χ0v) is 18.6. The standard InChI is InChI=1S/C18H16Si.C8H19N/c1-4-10-16(11-5-1)19(17-12-6-2-7-13-17)18-14-8-3-9-15-18;1-3-5-7-9-8-6-4-2/h1-15,19H;9H,3-8H2,1-2H3. The third-order valence-electron chi connectivity index (χ3n) is 4.81. The van der Waals surface area contributed by atoms with E-state index < -0.39 is 8.80 Å². The Labute approximate surface area is 173 Å². The molecule has 28 heavy (non-hydrogen) atoms. The summed E-state index contributed by atoms with van der Waals surface area (Å²) in [4.78, 5) is 0. The molecule has 0 bridgehead atoms. The summed E-state index contributed by atoms with van der Waals surface area (Å²) in [6.45, 7) is 6.86. The van der Waals surface area contributed by atoms with Crippen molar-refractivity contribution in [3.8, 4) is 0 Å². The molecule has 0 atom stereocenters. The van der Waals surface area contributed by atoms with Crippen molar-refractivity contribution in [2.24, 2.45) is 0 Å². The zero-order chi connectivity index (χ0) is 19.9. The van der Waals surface area contributed by atoms with Gasteiger partial charge in [-0.15, -0.1) is 0 Å². The molecule has 0 spiro atoms. The lowest BCUT2D eigenvalue weighted by Crippen LogP contribution is -2.51. The number of benzene rings is 3. The van der Waals surface area contributed by atoms with Gasteiger partial charge in [0.1, 0.15) is 8.80 Å². The van der Waals surface area contributed by atoms with Gasteiger partial charge in [-0.3, -0.25) is 0 Å². The van der Waals surface area contributed by atoms with Gasteiger partial charge in [0.25, 0.3) is 0 Å².